The Kier molecular flexibility index (Phi) is 3.22. The normalized spacial score (nSPS) is 12.4. The molecule has 2 N–H and O–H groups in total. The molecule has 2 nitrogen and oxygen atoms in total. The summed E-state index contributed by atoms with van der Waals surface area (Å²) in [5, 5.41) is 1.93. The van der Waals surface area contributed by atoms with Crippen LogP contribution >= 0.6 is 11.3 Å². The maximum atomic E-state index is 12.8. The van der Waals surface area contributed by atoms with Gasteiger partial charge in [0.25, 0.3) is 0 Å². The van der Waals surface area contributed by atoms with Crippen molar-refractivity contribution in [2.45, 2.75) is 6.04 Å². The number of ether oxygens (including phenoxy) is 1. The van der Waals surface area contributed by atoms with E-state index in [-0.39, 0.29) is 11.9 Å². The topological polar surface area (TPSA) is 35.2 Å². The van der Waals surface area contributed by atoms with E-state index in [4.69, 9.17) is 10.5 Å². The van der Waals surface area contributed by atoms with Crippen LogP contribution in [0.15, 0.2) is 35.7 Å². The summed E-state index contributed by atoms with van der Waals surface area (Å²) >= 11 is 1.54. The fraction of sp³-hybridized carbons (Fsp3) is 0.167. The summed E-state index contributed by atoms with van der Waals surface area (Å²) < 4.78 is 18.0. The highest BCUT2D eigenvalue weighted by Crippen LogP contribution is 2.33. The predicted octanol–water partition coefficient (Wildman–Crippen LogP) is 2.94. The fourth-order valence-electron chi connectivity index (χ4n) is 1.53. The van der Waals surface area contributed by atoms with Crippen LogP contribution in [0.3, 0.4) is 0 Å². The molecule has 2 aromatic rings. The van der Waals surface area contributed by atoms with Crippen molar-refractivity contribution < 1.29 is 9.13 Å². The first kappa shape index (κ1) is 11.1. The number of hydrogen-bond acceptors (Lipinski definition) is 3. The standard InChI is InChI=1S/C12H12FNOS/c1-15-10-6-7-16-12(10)11(14)8-2-4-9(13)5-3-8/h2-7,11H,14H2,1H3. The third-order valence-electron chi connectivity index (χ3n) is 2.39. The smallest absolute Gasteiger partial charge is 0.134 e. The van der Waals surface area contributed by atoms with Gasteiger partial charge in [0, 0.05) is 0 Å². The minimum Gasteiger partial charge on any atom is -0.496 e. The SMILES string of the molecule is COc1ccsc1C(N)c1ccc(F)cc1. The molecule has 0 aliphatic carbocycles. The van der Waals surface area contributed by atoms with Crippen molar-refractivity contribution in [1.82, 2.24) is 0 Å². The highest BCUT2D eigenvalue weighted by atomic mass is 32.1. The number of benzene rings is 1. The first-order valence-electron chi connectivity index (χ1n) is 4.85. The lowest BCUT2D eigenvalue weighted by molar-refractivity contribution is 0.411. The number of halogens is 1. The van der Waals surface area contributed by atoms with Crippen LogP contribution in [0.4, 0.5) is 4.39 Å². The lowest BCUT2D eigenvalue weighted by Gasteiger charge is -2.12. The lowest BCUT2D eigenvalue weighted by Crippen LogP contribution is -2.11. The van der Waals surface area contributed by atoms with Gasteiger partial charge < -0.3 is 10.5 Å². The molecule has 0 aliphatic heterocycles. The lowest BCUT2D eigenvalue weighted by atomic mass is 10.1. The number of hydrogen-bond donors (Lipinski definition) is 1. The first-order valence-corrected chi connectivity index (χ1v) is 5.72. The molecule has 16 heavy (non-hydrogen) atoms. The van der Waals surface area contributed by atoms with Crippen molar-refractivity contribution in [2.75, 3.05) is 7.11 Å². The Morgan fingerprint density at radius 1 is 1.25 bits per heavy atom. The minimum atomic E-state index is -0.268. The van der Waals surface area contributed by atoms with Crippen LogP contribution in [-0.2, 0) is 0 Å². The van der Waals surface area contributed by atoms with Gasteiger partial charge >= 0.3 is 0 Å². The Balaban J connectivity index is 2.31. The second kappa shape index (κ2) is 4.63. The summed E-state index contributed by atoms with van der Waals surface area (Å²) in [6, 6.07) is 7.82. The summed E-state index contributed by atoms with van der Waals surface area (Å²) in [6.07, 6.45) is 0. The van der Waals surface area contributed by atoms with E-state index in [1.165, 1.54) is 23.5 Å². The number of rotatable bonds is 3. The molecule has 0 fully saturated rings. The Morgan fingerprint density at radius 3 is 2.56 bits per heavy atom. The quantitative estimate of drug-likeness (QED) is 0.890. The molecule has 2 rings (SSSR count). The maximum Gasteiger partial charge on any atom is 0.134 e. The molecule has 0 spiro atoms. The molecule has 0 bridgehead atoms. The molecular formula is C12H12FNOS. The third-order valence-corrected chi connectivity index (χ3v) is 3.37. The van der Waals surface area contributed by atoms with E-state index in [1.807, 2.05) is 11.4 Å². The highest BCUT2D eigenvalue weighted by Gasteiger charge is 2.15. The van der Waals surface area contributed by atoms with Gasteiger partial charge in [-0.3, -0.25) is 0 Å². The second-order valence-corrected chi connectivity index (χ2v) is 4.33. The van der Waals surface area contributed by atoms with E-state index in [1.54, 1.807) is 19.2 Å². The number of methoxy groups -OCH3 is 1. The van der Waals surface area contributed by atoms with Gasteiger partial charge in [-0.25, -0.2) is 4.39 Å². The fourth-order valence-corrected chi connectivity index (χ4v) is 2.41. The van der Waals surface area contributed by atoms with Crippen LogP contribution in [0.1, 0.15) is 16.5 Å². The molecule has 0 radical (unpaired) electrons. The van der Waals surface area contributed by atoms with Crippen molar-refractivity contribution in [3.8, 4) is 5.75 Å². The molecule has 1 unspecified atom stereocenters. The average molecular weight is 237 g/mol. The molecule has 84 valence electrons. The van der Waals surface area contributed by atoms with Crippen LogP contribution in [0.5, 0.6) is 5.75 Å². The van der Waals surface area contributed by atoms with Gasteiger partial charge in [-0.05, 0) is 29.1 Å². The monoisotopic (exact) mass is 237 g/mol. The summed E-state index contributed by atoms with van der Waals surface area (Å²) in [7, 11) is 1.61. The van der Waals surface area contributed by atoms with Crippen LogP contribution in [0, 0.1) is 5.82 Å². The predicted molar refractivity (Wildman–Crippen MR) is 63.3 cm³/mol. The van der Waals surface area contributed by atoms with Crippen LogP contribution in [-0.4, -0.2) is 7.11 Å². The molecule has 0 saturated carbocycles. The van der Waals surface area contributed by atoms with E-state index in [0.717, 1.165) is 16.2 Å². The zero-order chi connectivity index (χ0) is 11.5. The Labute approximate surface area is 97.5 Å². The second-order valence-electron chi connectivity index (χ2n) is 3.38. The molecule has 0 amide bonds. The minimum absolute atomic E-state index is 0.255. The summed E-state index contributed by atoms with van der Waals surface area (Å²) in [6.45, 7) is 0. The molecule has 0 aliphatic rings. The van der Waals surface area contributed by atoms with Gasteiger partial charge in [0.2, 0.25) is 0 Å². The zero-order valence-electron chi connectivity index (χ0n) is 8.81. The van der Waals surface area contributed by atoms with Crippen molar-refractivity contribution in [2.24, 2.45) is 5.73 Å². The molecule has 1 atom stereocenters. The third kappa shape index (κ3) is 2.08. The van der Waals surface area contributed by atoms with Crippen molar-refractivity contribution in [3.63, 3.8) is 0 Å². The van der Waals surface area contributed by atoms with Crippen molar-refractivity contribution >= 4 is 11.3 Å². The van der Waals surface area contributed by atoms with E-state index in [0.29, 0.717) is 0 Å². The van der Waals surface area contributed by atoms with Crippen LogP contribution < -0.4 is 10.5 Å². The summed E-state index contributed by atoms with van der Waals surface area (Å²) in [4.78, 5) is 0.953. The highest BCUT2D eigenvalue weighted by molar-refractivity contribution is 7.10. The molecule has 1 heterocycles. The van der Waals surface area contributed by atoms with E-state index >= 15 is 0 Å². The van der Waals surface area contributed by atoms with Gasteiger partial charge in [-0.2, -0.15) is 0 Å². The summed E-state index contributed by atoms with van der Waals surface area (Å²) in [5.74, 6) is 0.524. The maximum absolute atomic E-state index is 12.8. The molecule has 1 aromatic heterocycles. The van der Waals surface area contributed by atoms with E-state index in [9.17, 15) is 4.39 Å². The van der Waals surface area contributed by atoms with E-state index < -0.39 is 0 Å². The van der Waals surface area contributed by atoms with Gasteiger partial charge in [-0.1, -0.05) is 12.1 Å². The Bertz CT molecular complexity index is 466. The van der Waals surface area contributed by atoms with Gasteiger partial charge in [0.1, 0.15) is 11.6 Å². The Hall–Kier alpha value is -1.39. The number of nitrogens with two attached hydrogens (primary N) is 1. The average Bonchev–Trinajstić information content (AvgIpc) is 2.77. The summed E-state index contributed by atoms with van der Waals surface area (Å²) in [5.41, 5.74) is 6.97. The largest absolute Gasteiger partial charge is 0.496 e. The van der Waals surface area contributed by atoms with Gasteiger partial charge in [0.15, 0.2) is 0 Å². The van der Waals surface area contributed by atoms with E-state index in [2.05, 4.69) is 0 Å². The first-order chi connectivity index (χ1) is 7.72. The van der Waals surface area contributed by atoms with Crippen molar-refractivity contribution in [1.29, 1.82) is 0 Å². The zero-order valence-corrected chi connectivity index (χ0v) is 9.63. The molecule has 1 aromatic carbocycles. The number of thiophene rings is 1. The van der Waals surface area contributed by atoms with Gasteiger partial charge in [0.05, 0.1) is 18.0 Å². The molecule has 0 saturated heterocycles. The van der Waals surface area contributed by atoms with Crippen LogP contribution in [0.2, 0.25) is 0 Å². The Morgan fingerprint density at radius 2 is 1.94 bits per heavy atom. The molecule has 4 heteroatoms. The van der Waals surface area contributed by atoms with Crippen molar-refractivity contribution in [3.05, 3.63) is 52.0 Å². The van der Waals surface area contributed by atoms with Crippen LogP contribution in [0.25, 0.3) is 0 Å². The van der Waals surface area contributed by atoms with Gasteiger partial charge in [-0.15, -0.1) is 11.3 Å². The molecular weight excluding hydrogens is 225 g/mol.